The molecule has 19 heavy (non-hydrogen) atoms. The fourth-order valence-corrected chi connectivity index (χ4v) is 2.40. The number of carbonyl (C=O) groups is 1. The minimum absolute atomic E-state index is 0.117. The molecule has 0 aliphatic heterocycles. The van der Waals surface area contributed by atoms with Gasteiger partial charge in [0.1, 0.15) is 5.82 Å². The molecule has 1 aromatic rings. The molecule has 0 radical (unpaired) electrons. The molecule has 0 spiro atoms. The molecule has 0 N–H and O–H groups in total. The Hall–Kier alpha value is -0.900. The zero-order valence-corrected chi connectivity index (χ0v) is 13.5. The van der Waals surface area contributed by atoms with Gasteiger partial charge in [-0.15, -0.1) is 0 Å². The van der Waals surface area contributed by atoms with Crippen LogP contribution in [0.25, 0.3) is 0 Å². The van der Waals surface area contributed by atoms with E-state index in [9.17, 15) is 9.18 Å². The Balaban J connectivity index is 3.01. The number of amides is 1. The van der Waals surface area contributed by atoms with Gasteiger partial charge in [0, 0.05) is 13.1 Å². The molecule has 0 atom stereocenters. The summed E-state index contributed by atoms with van der Waals surface area (Å²) in [6, 6.07) is 4.56. The fourth-order valence-electron chi connectivity index (χ4n) is 1.96. The van der Waals surface area contributed by atoms with Gasteiger partial charge in [0.25, 0.3) is 5.91 Å². The second kappa shape index (κ2) is 7.04. The number of nitrogens with zero attached hydrogens (tertiary/aromatic N) is 1. The maximum atomic E-state index is 13.5. The Kier molecular flexibility index (Phi) is 5.98. The summed E-state index contributed by atoms with van der Waals surface area (Å²) in [6.45, 7) is 9.64. The lowest BCUT2D eigenvalue weighted by Gasteiger charge is -2.27. The molecule has 0 unspecified atom stereocenters. The summed E-state index contributed by atoms with van der Waals surface area (Å²) in [6.07, 6.45) is 0. The summed E-state index contributed by atoms with van der Waals surface area (Å²) in [4.78, 5) is 14.3. The summed E-state index contributed by atoms with van der Waals surface area (Å²) >= 11 is 3.16. The zero-order valence-electron chi connectivity index (χ0n) is 11.9. The lowest BCUT2D eigenvalue weighted by atomic mass is 10.1. The molecular formula is C15H21BrFNO. The topological polar surface area (TPSA) is 20.3 Å². The third-order valence-electron chi connectivity index (χ3n) is 2.64. The number of rotatable bonds is 5. The number of hydrogen-bond donors (Lipinski definition) is 0. The van der Waals surface area contributed by atoms with E-state index in [-0.39, 0.29) is 10.4 Å². The second-order valence-corrected chi connectivity index (χ2v) is 6.39. The van der Waals surface area contributed by atoms with Gasteiger partial charge in [-0.05, 0) is 39.9 Å². The van der Waals surface area contributed by atoms with Gasteiger partial charge in [0.15, 0.2) is 0 Å². The molecule has 1 amide bonds. The van der Waals surface area contributed by atoms with Crippen molar-refractivity contribution in [3.05, 3.63) is 34.1 Å². The van der Waals surface area contributed by atoms with Crippen LogP contribution in [-0.2, 0) is 0 Å². The van der Waals surface area contributed by atoms with Crippen molar-refractivity contribution in [1.82, 2.24) is 4.90 Å². The SMILES string of the molecule is CC(C)CN(CC(C)C)C(=O)c1cccc(F)c1Br. The van der Waals surface area contributed by atoms with E-state index in [0.717, 1.165) is 0 Å². The zero-order chi connectivity index (χ0) is 14.6. The smallest absolute Gasteiger partial charge is 0.255 e. The van der Waals surface area contributed by atoms with E-state index in [0.29, 0.717) is 30.5 Å². The monoisotopic (exact) mass is 329 g/mol. The van der Waals surface area contributed by atoms with Crippen molar-refractivity contribution in [2.45, 2.75) is 27.7 Å². The third-order valence-corrected chi connectivity index (χ3v) is 3.45. The van der Waals surface area contributed by atoms with E-state index < -0.39 is 5.82 Å². The Morgan fingerprint density at radius 2 is 1.74 bits per heavy atom. The van der Waals surface area contributed by atoms with Gasteiger partial charge in [0.05, 0.1) is 10.0 Å². The lowest BCUT2D eigenvalue weighted by molar-refractivity contribution is 0.0713. The van der Waals surface area contributed by atoms with Crippen LogP contribution in [0.1, 0.15) is 38.1 Å². The summed E-state index contributed by atoms with van der Waals surface area (Å²) < 4.78 is 13.8. The van der Waals surface area contributed by atoms with Crippen LogP contribution in [-0.4, -0.2) is 23.9 Å². The number of hydrogen-bond acceptors (Lipinski definition) is 1. The summed E-state index contributed by atoms with van der Waals surface area (Å²) in [5.74, 6) is 0.249. The molecule has 0 saturated carbocycles. The Labute approximate surface area is 123 Å². The summed E-state index contributed by atoms with van der Waals surface area (Å²) in [7, 11) is 0. The van der Waals surface area contributed by atoms with Crippen molar-refractivity contribution < 1.29 is 9.18 Å². The molecule has 106 valence electrons. The predicted molar refractivity (Wildman–Crippen MR) is 79.7 cm³/mol. The normalized spacial score (nSPS) is 11.2. The van der Waals surface area contributed by atoms with Crippen molar-refractivity contribution in [3.63, 3.8) is 0 Å². The van der Waals surface area contributed by atoms with Crippen LogP contribution in [0, 0.1) is 17.7 Å². The number of halogens is 2. The largest absolute Gasteiger partial charge is 0.338 e. The van der Waals surface area contributed by atoms with Crippen molar-refractivity contribution in [2.75, 3.05) is 13.1 Å². The van der Waals surface area contributed by atoms with Crippen LogP contribution in [0.2, 0.25) is 0 Å². The molecule has 0 heterocycles. The van der Waals surface area contributed by atoms with Gasteiger partial charge in [-0.25, -0.2) is 4.39 Å². The van der Waals surface area contributed by atoms with Gasteiger partial charge >= 0.3 is 0 Å². The molecular weight excluding hydrogens is 309 g/mol. The summed E-state index contributed by atoms with van der Waals surface area (Å²) in [5, 5.41) is 0. The first-order valence-electron chi connectivity index (χ1n) is 6.56. The van der Waals surface area contributed by atoms with Crippen molar-refractivity contribution in [2.24, 2.45) is 11.8 Å². The Bertz CT molecular complexity index is 436. The molecule has 2 nitrogen and oxygen atoms in total. The molecule has 0 fully saturated rings. The molecule has 0 bridgehead atoms. The van der Waals surface area contributed by atoms with Crippen molar-refractivity contribution in [1.29, 1.82) is 0 Å². The van der Waals surface area contributed by atoms with Crippen LogP contribution >= 0.6 is 15.9 Å². The Morgan fingerprint density at radius 1 is 1.21 bits per heavy atom. The predicted octanol–water partition coefficient (Wildman–Crippen LogP) is 4.34. The van der Waals surface area contributed by atoms with Gasteiger partial charge in [-0.2, -0.15) is 0 Å². The summed E-state index contributed by atoms with van der Waals surface area (Å²) in [5.41, 5.74) is 0.390. The molecule has 0 aliphatic carbocycles. The van der Waals surface area contributed by atoms with Crippen LogP contribution in [0.3, 0.4) is 0 Å². The standard InChI is InChI=1S/C15H21BrFNO/c1-10(2)8-18(9-11(3)4)15(19)12-6-5-7-13(17)14(12)16/h5-7,10-11H,8-9H2,1-4H3. The average molecular weight is 330 g/mol. The van der Waals surface area contributed by atoms with E-state index in [1.165, 1.54) is 6.07 Å². The highest BCUT2D eigenvalue weighted by atomic mass is 79.9. The quantitative estimate of drug-likeness (QED) is 0.786. The number of benzene rings is 1. The van der Waals surface area contributed by atoms with E-state index in [4.69, 9.17) is 0 Å². The first kappa shape index (κ1) is 16.2. The van der Waals surface area contributed by atoms with Crippen LogP contribution in [0.5, 0.6) is 0 Å². The van der Waals surface area contributed by atoms with Gasteiger partial charge in [-0.3, -0.25) is 4.79 Å². The highest BCUT2D eigenvalue weighted by Crippen LogP contribution is 2.22. The van der Waals surface area contributed by atoms with E-state index >= 15 is 0 Å². The van der Waals surface area contributed by atoms with E-state index in [1.807, 2.05) is 0 Å². The molecule has 4 heteroatoms. The molecule has 1 aromatic carbocycles. The highest BCUT2D eigenvalue weighted by molar-refractivity contribution is 9.10. The fraction of sp³-hybridized carbons (Fsp3) is 0.533. The first-order valence-corrected chi connectivity index (χ1v) is 7.35. The maximum Gasteiger partial charge on any atom is 0.255 e. The average Bonchev–Trinajstić information content (AvgIpc) is 2.30. The van der Waals surface area contributed by atoms with E-state index in [2.05, 4.69) is 43.6 Å². The van der Waals surface area contributed by atoms with Crippen molar-refractivity contribution >= 4 is 21.8 Å². The first-order chi connectivity index (χ1) is 8.82. The van der Waals surface area contributed by atoms with Crippen LogP contribution < -0.4 is 0 Å². The van der Waals surface area contributed by atoms with Crippen LogP contribution in [0.15, 0.2) is 22.7 Å². The van der Waals surface area contributed by atoms with Gasteiger partial charge < -0.3 is 4.90 Å². The van der Waals surface area contributed by atoms with Crippen LogP contribution in [0.4, 0.5) is 4.39 Å². The minimum atomic E-state index is -0.403. The lowest BCUT2D eigenvalue weighted by Crippen LogP contribution is -2.37. The highest BCUT2D eigenvalue weighted by Gasteiger charge is 2.21. The maximum absolute atomic E-state index is 13.5. The molecule has 0 aliphatic rings. The van der Waals surface area contributed by atoms with Gasteiger partial charge in [0.2, 0.25) is 0 Å². The van der Waals surface area contributed by atoms with Gasteiger partial charge in [-0.1, -0.05) is 33.8 Å². The van der Waals surface area contributed by atoms with E-state index in [1.54, 1.807) is 17.0 Å². The molecule has 0 saturated heterocycles. The molecule has 1 rings (SSSR count). The second-order valence-electron chi connectivity index (χ2n) is 5.60. The van der Waals surface area contributed by atoms with Crippen molar-refractivity contribution in [3.8, 4) is 0 Å². The minimum Gasteiger partial charge on any atom is -0.338 e. The Morgan fingerprint density at radius 3 is 2.21 bits per heavy atom. The molecule has 0 aromatic heterocycles. The number of carbonyl (C=O) groups excluding carboxylic acids is 1. The third kappa shape index (κ3) is 4.60.